The topological polar surface area (TPSA) is 63.7 Å². The number of ether oxygens (including phenoxy) is 1. The normalized spacial score (nSPS) is 12.6. The zero-order valence-corrected chi connectivity index (χ0v) is 12.5. The van der Waals surface area contributed by atoms with E-state index >= 15 is 0 Å². The van der Waals surface area contributed by atoms with Crippen LogP contribution in [-0.2, 0) is 11.2 Å². The number of thioether (sulfide) groups is 1. The molecular weight excluding hydrogens is 284 g/mol. The van der Waals surface area contributed by atoms with Crippen LogP contribution < -0.4 is 0 Å². The first-order valence-corrected chi connectivity index (χ1v) is 7.69. The summed E-state index contributed by atoms with van der Waals surface area (Å²) in [6.45, 7) is 0. The van der Waals surface area contributed by atoms with Crippen molar-refractivity contribution in [3.05, 3.63) is 48.4 Å². The fourth-order valence-corrected chi connectivity index (χ4v) is 3.00. The minimum absolute atomic E-state index is 0.150. The summed E-state index contributed by atoms with van der Waals surface area (Å²) >= 11 is 1.64. The number of nitrogens with zero attached hydrogens (tertiary/aromatic N) is 3. The van der Waals surface area contributed by atoms with Gasteiger partial charge in [-0.15, -0.1) is 0 Å². The zero-order chi connectivity index (χ0) is 14.5. The lowest BCUT2D eigenvalue weighted by atomic mass is 10.1. The lowest BCUT2D eigenvalue weighted by Gasteiger charge is -2.14. The molecular formula is C15H16N4OS. The fourth-order valence-electron chi connectivity index (χ4n) is 2.07. The maximum atomic E-state index is 5.56. The van der Waals surface area contributed by atoms with E-state index in [0.717, 1.165) is 22.8 Å². The maximum absolute atomic E-state index is 5.56. The van der Waals surface area contributed by atoms with Gasteiger partial charge < -0.3 is 9.72 Å². The second-order valence-electron chi connectivity index (χ2n) is 4.66. The quantitative estimate of drug-likeness (QED) is 0.709. The van der Waals surface area contributed by atoms with E-state index in [-0.39, 0.29) is 6.10 Å². The molecule has 0 aliphatic heterocycles. The minimum atomic E-state index is 0.150. The summed E-state index contributed by atoms with van der Waals surface area (Å²) in [6, 6.07) is 10.4. The number of benzene rings is 1. The fraction of sp³-hybridized carbons (Fsp3) is 0.267. The predicted molar refractivity (Wildman–Crippen MR) is 83.4 cm³/mol. The van der Waals surface area contributed by atoms with E-state index in [1.165, 1.54) is 11.9 Å². The molecule has 0 fully saturated rings. The summed E-state index contributed by atoms with van der Waals surface area (Å²) in [7, 11) is 1.75. The Morgan fingerprint density at radius 3 is 2.90 bits per heavy atom. The number of methoxy groups -OCH3 is 1. The monoisotopic (exact) mass is 300 g/mol. The van der Waals surface area contributed by atoms with E-state index in [2.05, 4.69) is 32.1 Å². The standard InChI is InChI=1S/C15H16N4OS/c1-20-12(7-11-5-3-2-4-6-11)9-21-15-18-13-8-16-10-17-14(13)19-15/h2-6,8,10,12H,7,9H2,1H3,(H,16,17,18,19). The summed E-state index contributed by atoms with van der Waals surface area (Å²) in [6.07, 6.45) is 4.28. The van der Waals surface area contributed by atoms with Gasteiger partial charge in [0.05, 0.1) is 12.3 Å². The SMILES string of the molecule is COC(CSc1nc2ncncc2[nH]1)Cc1ccccc1. The molecule has 2 heterocycles. The Hall–Kier alpha value is -1.92. The van der Waals surface area contributed by atoms with Crippen LogP contribution in [0.4, 0.5) is 0 Å². The first kappa shape index (κ1) is 14.0. The van der Waals surface area contributed by atoms with Gasteiger partial charge in [-0.05, 0) is 12.0 Å². The number of aromatic amines is 1. The Kier molecular flexibility index (Phi) is 4.47. The van der Waals surface area contributed by atoms with Crippen molar-refractivity contribution < 1.29 is 4.74 Å². The highest BCUT2D eigenvalue weighted by Gasteiger charge is 2.11. The van der Waals surface area contributed by atoms with Gasteiger partial charge in [-0.25, -0.2) is 15.0 Å². The molecule has 1 aromatic carbocycles. The number of nitrogens with one attached hydrogen (secondary N) is 1. The number of fused-ring (bicyclic) bond motifs is 1. The van der Waals surface area contributed by atoms with Crippen LogP contribution in [0.1, 0.15) is 5.56 Å². The molecule has 0 bridgehead atoms. The summed E-state index contributed by atoms with van der Waals surface area (Å²) < 4.78 is 5.56. The second kappa shape index (κ2) is 6.69. The van der Waals surface area contributed by atoms with E-state index in [9.17, 15) is 0 Å². The molecule has 3 rings (SSSR count). The summed E-state index contributed by atoms with van der Waals surface area (Å²) in [4.78, 5) is 15.7. The van der Waals surface area contributed by atoms with Crippen LogP contribution in [0, 0.1) is 0 Å². The largest absolute Gasteiger partial charge is 0.380 e. The van der Waals surface area contributed by atoms with E-state index in [1.54, 1.807) is 25.1 Å². The number of aromatic nitrogens is 4. The Morgan fingerprint density at radius 2 is 2.14 bits per heavy atom. The van der Waals surface area contributed by atoms with Crippen LogP contribution in [0.25, 0.3) is 11.2 Å². The van der Waals surface area contributed by atoms with Gasteiger partial charge in [0.2, 0.25) is 0 Å². The van der Waals surface area contributed by atoms with Crippen molar-refractivity contribution in [3.8, 4) is 0 Å². The van der Waals surface area contributed by atoms with Gasteiger partial charge in [-0.1, -0.05) is 42.1 Å². The van der Waals surface area contributed by atoms with Crippen molar-refractivity contribution in [1.29, 1.82) is 0 Å². The minimum Gasteiger partial charge on any atom is -0.380 e. The molecule has 21 heavy (non-hydrogen) atoms. The van der Waals surface area contributed by atoms with E-state index < -0.39 is 0 Å². The van der Waals surface area contributed by atoms with Gasteiger partial charge in [0.15, 0.2) is 10.8 Å². The maximum Gasteiger partial charge on any atom is 0.181 e. The lowest BCUT2D eigenvalue weighted by Crippen LogP contribution is -2.17. The van der Waals surface area contributed by atoms with Crippen molar-refractivity contribution in [2.45, 2.75) is 17.7 Å². The third kappa shape index (κ3) is 3.59. The van der Waals surface area contributed by atoms with Crippen molar-refractivity contribution >= 4 is 22.9 Å². The van der Waals surface area contributed by atoms with E-state index in [1.807, 2.05) is 18.2 Å². The highest BCUT2D eigenvalue weighted by atomic mass is 32.2. The molecule has 108 valence electrons. The Bertz CT molecular complexity index is 668. The van der Waals surface area contributed by atoms with Gasteiger partial charge in [0.25, 0.3) is 0 Å². The lowest BCUT2D eigenvalue weighted by molar-refractivity contribution is 0.122. The molecule has 0 spiro atoms. The number of hydrogen-bond donors (Lipinski definition) is 1. The number of rotatable bonds is 6. The van der Waals surface area contributed by atoms with Crippen LogP contribution in [0.2, 0.25) is 0 Å². The van der Waals surface area contributed by atoms with Gasteiger partial charge in [0, 0.05) is 12.9 Å². The number of H-pyrrole nitrogens is 1. The van der Waals surface area contributed by atoms with Gasteiger partial charge in [-0.2, -0.15) is 0 Å². The third-order valence-corrected chi connectivity index (χ3v) is 4.19. The molecule has 1 atom stereocenters. The Morgan fingerprint density at radius 1 is 1.29 bits per heavy atom. The van der Waals surface area contributed by atoms with Crippen molar-refractivity contribution in [3.63, 3.8) is 0 Å². The first-order chi connectivity index (χ1) is 10.3. The molecule has 0 saturated heterocycles. The smallest absolute Gasteiger partial charge is 0.181 e. The average molecular weight is 300 g/mol. The average Bonchev–Trinajstić information content (AvgIpc) is 2.95. The molecule has 0 aliphatic rings. The molecule has 0 aliphatic carbocycles. The van der Waals surface area contributed by atoms with Crippen molar-refractivity contribution in [2.24, 2.45) is 0 Å². The molecule has 1 unspecified atom stereocenters. The molecule has 6 heteroatoms. The van der Waals surface area contributed by atoms with Crippen LogP contribution >= 0.6 is 11.8 Å². The van der Waals surface area contributed by atoms with Crippen LogP contribution in [-0.4, -0.2) is 38.9 Å². The van der Waals surface area contributed by atoms with Crippen LogP contribution in [0.15, 0.2) is 48.0 Å². The summed E-state index contributed by atoms with van der Waals surface area (Å²) in [5, 5.41) is 0.848. The third-order valence-electron chi connectivity index (χ3n) is 3.19. The summed E-state index contributed by atoms with van der Waals surface area (Å²) in [5.74, 6) is 0.832. The molecule has 0 radical (unpaired) electrons. The van der Waals surface area contributed by atoms with Crippen LogP contribution in [0.5, 0.6) is 0 Å². The van der Waals surface area contributed by atoms with Crippen LogP contribution in [0.3, 0.4) is 0 Å². The van der Waals surface area contributed by atoms with E-state index in [4.69, 9.17) is 4.74 Å². The zero-order valence-electron chi connectivity index (χ0n) is 11.7. The van der Waals surface area contributed by atoms with Gasteiger partial charge in [0.1, 0.15) is 11.8 Å². The molecule has 5 nitrogen and oxygen atoms in total. The van der Waals surface area contributed by atoms with Gasteiger partial charge >= 0.3 is 0 Å². The molecule has 0 amide bonds. The number of imidazole rings is 1. The summed E-state index contributed by atoms with van der Waals surface area (Å²) in [5.41, 5.74) is 2.84. The second-order valence-corrected chi connectivity index (χ2v) is 5.67. The highest BCUT2D eigenvalue weighted by molar-refractivity contribution is 7.99. The number of hydrogen-bond acceptors (Lipinski definition) is 5. The van der Waals surface area contributed by atoms with Crippen molar-refractivity contribution in [1.82, 2.24) is 19.9 Å². The highest BCUT2D eigenvalue weighted by Crippen LogP contribution is 2.20. The first-order valence-electron chi connectivity index (χ1n) is 6.70. The van der Waals surface area contributed by atoms with E-state index in [0.29, 0.717) is 5.65 Å². The molecule has 2 aromatic heterocycles. The molecule has 0 saturated carbocycles. The Labute approximate surface area is 127 Å². The van der Waals surface area contributed by atoms with Crippen molar-refractivity contribution in [2.75, 3.05) is 12.9 Å². The Balaban J connectivity index is 1.62. The molecule has 1 N–H and O–H groups in total. The van der Waals surface area contributed by atoms with Gasteiger partial charge in [-0.3, -0.25) is 0 Å². The predicted octanol–water partition coefficient (Wildman–Crippen LogP) is 2.70. The molecule has 3 aromatic rings.